The van der Waals surface area contributed by atoms with E-state index in [9.17, 15) is 9.59 Å². The fraction of sp³-hybridized carbons (Fsp3) is 0.304. The van der Waals surface area contributed by atoms with E-state index < -0.39 is 5.97 Å². The number of anilines is 1. The highest BCUT2D eigenvalue weighted by Gasteiger charge is 2.21. The molecular weight excluding hydrogens is 398 g/mol. The lowest BCUT2D eigenvalue weighted by atomic mass is 10.1. The molecule has 3 aromatic rings. The van der Waals surface area contributed by atoms with Crippen LogP contribution in [0.3, 0.4) is 0 Å². The third-order valence-corrected chi connectivity index (χ3v) is 5.11. The van der Waals surface area contributed by atoms with Crippen molar-refractivity contribution < 1.29 is 28.7 Å². The van der Waals surface area contributed by atoms with Crippen LogP contribution in [0.5, 0.6) is 11.5 Å². The van der Waals surface area contributed by atoms with E-state index in [1.54, 1.807) is 14.2 Å². The Bertz CT molecular complexity index is 1080. The van der Waals surface area contributed by atoms with Gasteiger partial charge in [0.05, 0.1) is 40.6 Å². The van der Waals surface area contributed by atoms with Crippen molar-refractivity contribution in [3.63, 3.8) is 0 Å². The normalized spacial score (nSPS) is 11.7. The second-order valence-corrected chi connectivity index (χ2v) is 7.28. The van der Waals surface area contributed by atoms with Crippen molar-refractivity contribution in [3.05, 3.63) is 53.7 Å². The van der Waals surface area contributed by atoms with Gasteiger partial charge < -0.3 is 29.4 Å². The van der Waals surface area contributed by atoms with Crippen LogP contribution in [0.2, 0.25) is 0 Å². The first-order chi connectivity index (χ1) is 15.0. The molecule has 3 rings (SSSR count). The monoisotopic (exact) mass is 426 g/mol. The Labute approximate surface area is 181 Å². The first-order valence-corrected chi connectivity index (χ1v) is 9.97. The van der Waals surface area contributed by atoms with Gasteiger partial charge in [0, 0.05) is 17.3 Å². The summed E-state index contributed by atoms with van der Waals surface area (Å²) in [5, 5.41) is 3.65. The first kappa shape index (κ1) is 22.2. The molecule has 3 N–H and O–H groups in total. The molecule has 0 aliphatic heterocycles. The Morgan fingerprint density at radius 2 is 1.77 bits per heavy atom. The topological polar surface area (TPSA) is 94.1 Å². The third-order valence-electron chi connectivity index (χ3n) is 5.11. The van der Waals surface area contributed by atoms with Crippen LogP contribution >= 0.6 is 0 Å². The van der Waals surface area contributed by atoms with Crippen LogP contribution in [-0.2, 0) is 16.0 Å². The largest absolute Gasteiger partial charge is 0.493 e. The average molecular weight is 426 g/mol. The summed E-state index contributed by atoms with van der Waals surface area (Å²) in [6.45, 7) is 1.01. The van der Waals surface area contributed by atoms with Gasteiger partial charge in [-0.25, -0.2) is 4.79 Å². The number of esters is 1. The molecule has 31 heavy (non-hydrogen) atoms. The van der Waals surface area contributed by atoms with Gasteiger partial charge in [-0.1, -0.05) is 24.3 Å². The van der Waals surface area contributed by atoms with Gasteiger partial charge >= 0.3 is 5.97 Å². The second-order valence-electron chi connectivity index (χ2n) is 7.28. The molecule has 0 radical (unpaired) electrons. The maximum Gasteiger partial charge on any atom is 0.356 e. The van der Waals surface area contributed by atoms with E-state index in [0.29, 0.717) is 17.2 Å². The van der Waals surface area contributed by atoms with E-state index in [-0.39, 0.29) is 18.1 Å². The minimum absolute atomic E-state index is 0.181. The first-order valence-electron chi connectivity index (χ1n) is 9.97. The molecule has 1 aromatic heterocycles. The van der Waals surface area contributed by atoms with Crippen molar-refractivity contribution >= 4 is 28.5 Å². The minimum Gasteiger partial charge on any atom is -0.493 e. The molecule has 0 spiro atoms. The van der Waals surface area contributed by atoms with Crippen LogP contribution in [-0.4, -0.2) is 58.3 Å². The Morgan fingerprint density at radius 3 is 2.48 bits per heavy atom. The van der Waals surface area contributed by atoms with Gasteiger partial charge in [0.25, 0.3) is 5.91 Å². The number of hydrogen-bond donors (Lipinski definition) is 3. The highest BCUT2D eigenvalue weighted by Crippen LogP contribution is 2.28. The van der Waals surface area contributed by atoms with Crippen molar-refractivity contribution in [3.8, 4) is 11.5 Å². The predicted molar refractivity (Wildman–Crippen MR) is 118 cm³/mol. The third kappa shape index (κ3) is 5.16. The summed E-state index contributed by atoms with van der Waals surface area (Å²) in [6, 6.07) is 13.2. The van der Waals surface area contributed by atoms with Crippen molar-refractivity contribution in [2.75, 3.05) is 46.8 Å². The molecule has 164 valence electrons. The molecule has 0 saturated heterocycles. The van der Waals surface area contributed by atoms with Gasteiger partial charge in [-0.3, -0.25) is 4.79 Å². The van der Waals surface area contributed by atoms with E-state index in [4.69, 9.17) is 14.2 Å². The van der Waals surface area contributed by atoms with Gasteiger partial charge in [-0.05, 0) is 23.8 Å². The number of aromatic amines is 1. The van der Waals surface area contributed by atoms with Crippen LogP contribution < -0.4 is 19.7 Å². The number of benzene rings is 2. The fourth-order valence-electron chi connectivity index (χ4n) is 3.47. The summed E-state index contributed by atoms with van der Waals surface area (Å²) in [6.07, 6.45) is 0.778. The maximum absolute atomic E-state index is 12.7. The molecule has 8 heteroatoms. The molecule has 1 amide bonds. The lowest BCUT2D eigenvalue weighted by Crippen LogP contribution is -3.10. The smallest absolute Gasteiger partial charge is 0.356 e. The standard InChI is InChI=1S/C23H27N3O5/c1-26(12-11-15-9-10-18(29-2)19(13-15)30-3)14-20(27)25-21-16-7-5-6-8-17(16)24-22(21)23(28)31-4/h5-10,13,24H,11-12,14H2,1-4H3,(H,25,27)/p+1. The Morgan fingerprint density at radius 1 is 1.03 bits per heavy atom. The molecule has 0 saturated carbocycles. The number of rotatable bonds is 9. The zero-order valence-electron chi connectivity index (χ0n) is 18.2. The van der Waals surface area contributed by atoms with Crippen LogP contribution in [0, 0.1) is 0 Å². The van der Waals surface area contributed by atoms with E-state index in [1.165, 1.54) is 7.11 Å². The summed E-state index contributed by atoms with van der Waals surface area (Å²) in [5.41, 5.74) is 2.54. The molecule has 0 bridgehead atoms. The number of carbonyl (C=O) groups is 2. The molecule has 8 nitrogen and oxygen atoms in total. The Hall–Kier alpha value is -3.52. The van der Waals surface area contributed by atoms with Crippen molar-refractivity contribution in [1.82, 2.24) is 4.98 Å². The fourth-order valence-corrected chi connectivity index (χ4v) is 3.47. The van der Waals surface area contributed by atoms with Gasteiger partial charge in [-0.15, -0.1) is 0 Å². The Balaban J connectivity index is 1.64. The summed E-state index contributed by atoms with van der Waals surface area (Å²) in [7, 11) is 6.48. The molecule has 1 unspecified atom stereocenters. The number of nitrogens with one attached hydrogen (secondary N) is 3. The molecule has 0 aliphatic carbocycles. The van der Waals surface area contributed by atoms with Crippen LogP contribution in [0.1, 0.15) is 16.1 Å². The lowest BCUT2D eigenvalue weighted by molar-refractivity contribution is -0.870. The van der Waals surface area contributed by atoms with Crippen LogP contribution in [0.25, 0.3) is 10.9 Å². The Kier molecular flexibility index (Phi) is 7.15. The zero-order valence-corrected chi connectivity index (χ0v) is 18.2. The number of H-pyrrole nitrogens is 1. The zero-order chi connectivity index (χ0) is 22.4. The van der Waals surface area contributed by atoms with E-state index in [1.807, 2.05) is 49.5 Å². The average Bonchev–Trinajstić information content (AvgIpc) is 3.15. The molecule has 2 aromatic carbocycles. The lowest BCUT2D eigenvalue weighted by Gasteiger charge is -2.15. The minimum atomic E-state index is -0.527. The highest BCUT2D eigenvalue weighted by molar-refractivity contribution is 6.11. The molecule has 0 aliphatic rings. The van der Waals surface area contributed by atoms with Crippen LogP contribution in [0.4, 0.5) is 5.69 Å². The molecular formula is C23H28N3O5+. The van der Waals surface area contributed by atoms with E-state index in [2.05, 4.69) is 10.3 Å². The van der Waals surface area contributed by atoms with Crippen molar-refractivity contribution in [2.24, 2.45) is 0 Å². The quantitative estimate of drug-likeness (QED) is 0.453. The van der Waals surface area contributed by atoms with Gasteiger partial charge in [0.1, 0.15) is 5.69 Å². The molecule has 0 fully saturated rings. The second kappa shape index (κ2) is 9.99. The maximum atomic E-state index is 12.7. The van der Waals surface area contributed by atoms with Gasteiger partial charge in [-0.2, -0.15) is 0 Å². The predicted octanol–water partition coefficient (Wildman–Crippen LogP) is 1.67. The van der Waals surface area contributed by atoms with Crippen LogP contribution in [0.15, 0.2) is 42.5 Å². The number of hydrogen-bond acceptors (Lipinski definition) is 5. The summed E-state index contributed by atoms with van der Waals surface area (Å²) in [4.78, 5) is 28.9. The highest BCUT2D eigenvalue weighted by atomic mass is 16.5. The number of fused-ring (bicyclic) bond motifs is 1. The summed E-state index contributed by atoms with van der Waals surface area (Å²) < 4.78 is 15.5. The summed E-state index contributed by atoms with van der Waals surface area (Å²) in [5.74, 6) is 0.664. The summed E-state index contributed by atoms with van der Waals surface area (Å²) >= 11 is 0. The number of methoxy groups -OCH3 is 3. The number of para-hydroxylation sites is 1. The van der Waals surface area contributed by atoms with Crippen molar-refractivity contribution in [1.29, 1.82) is 0 Å². The molecule has 1 atom stereocenters. The van der Waals surface area contributed by atoms with E-state index >= 15 is 0 Å². The van der Waals surface area contributed by atoms with Gasteiger partial charge in [0.2, 0.25) is 0 Å². The number of amides is 1. The SMILES string of the molecule is COC(=O)c1[nH]c2ccccc2c1NC(=O)C[NH+](C)CCc1ccc(OC)c(OC)c1. The number of ether oxygens (including phenoxy) is 3. The number of quaternary nitrogens is 1. The molecule has 1 heterocycles. The number of likely N-dealkylation sites (N-methyl/N-ethyl adjacent to an activating group) is 1. The number of aromatic nitrogens is 1. The van der Waals surface area contributed by atoms with Crippen molar-refractivity contribution in [2.45, 2.75) is 6.42 Å². The van der Waals surface area contributed by atoms with E-state index in [0.717, 1.165) is 34.3 Å². The number of carbonyl (C=O) groups excluding carboxylic acids is 2. The van der Waals surface area contributed by atoms with Gasteiger partial charge in [0.15, 0.2) is 18.0 Å².